The number of aliphatic hydroxyl groups is 6. The van der Waals surface area contributed by atoms with Gasteiger partial charge in [-0.15, -0.1) is 0 Å². The summed E-state index contributed by atoms with van der Waals surface area (Å²) >= 11 is 0. The van der Waals surface area contributed by atoms with Crippen molar-refractivity contribution in [2.75, 3.05) is 13.2 Å². The molecule has 0 aromatic carbocycles. The molecule has 6 rings (SSSR count). The summed E-state index contributed by atoms with van der Waals surface area (Å²) in [6.07, 6.45) is -0.763. The van der Waals surface area contributed by atoms with E-state index in [2.05, 4.69) is 40.7 Å². The van der Waals surface area contributed by atoms with Crippen LogP contribution in [0, 0.1) is 50.2 Å². The third-order valence-corrected chi connectivity index (χ3v) is 14.8. The molecule has 3 unspecified atom stereocenters. The number of allylic oxidation sites excluding steroid dienone is 2. The molecule has 4 saturated carbocycles. The Kier molecular flexibility index (Phi) is 8.03. The molecule has 15 atom stereocenters. The van der Waals surface area contributed by atoms with Gasteiger partial charge in [0.1, 0.15) is 23.7 Å². The normalized spacial score (nSPS) is 55.8. The Hall–Kier alpha value is -1.11. The van der Waals surface area contributed by atoms with E-state index in [-0.39, 0.29) is 36.4 Å². The predicted molar refractivity (Wildman–Crippen MR) is 163 cm³/mol. The lowest BCUT2D eigenvalue weighted by molar-refractivity contribution is -0.320. The molecular weight excluding hydrogens is 580 g/mol. The molecule has 1 heterocycles. The van der Waals surface area contributed by atoms with E-state index in [0.717, 1.165) is 18.4 Å². The first-order valence-electron chi connectivity index (χ1n) is 17.0. The number of carbonyl (C=O) groups is 1. The fraction of sp³-hybridized carbons (Fsp3) is 0.914. The Morgan fingerprint density at radius 1 is 0.933 bits per heavy atom. The summed E-state index contributed by atoms with van der Waals surface area (Å²) in [6.45, 7) is 12.5. The molecule has 5 fully saturated rings. The summed E-state index contributed by atoms with van der Waals surface area (Å²) in [5.74, 6) is -1.46. The summed E-state index contributed by atoms with van der Waals surface area (Å²) in [4.78, 5) is 13.0. The third-order valence-electron chi connectivity index (χ3n) is 14.8. The van der Waals surface area contributed by atoms with Gasteiger partial charge in [0.25, 0.3) is 0 Å². The Morgan fingerprint density at radius 3 is 2.27 bits per heavy atom. The maximum Gasteiger partial charge on any atom is 0.312 e. The molecule has 0 amide bonds. The van der Waals surface area contributed by atoms with Gasteiger partial charge in [-0.2, -0.15) is 0 Å². The van der Waals surface area contributed by atoms with E-state index in [9.17, 15) is 40.5 Å². The van der Waals surface area contributed by atoms with Crippen LogP contribution in [-0.4, -0.2) is 97.8 Å². The third kappa shape index (κ3) is 4.45. The standard InChI is InChI=1S/C35H56O10/c1-30(2)11-12-35(29(42)43)19(13-30)18-7-8-22-31(3)10-9-24(45-28-26(41)25(40)21(38)16-44-28)32(4,17-36)27(31)20(37)14-34(22,6)33(18,5)15-23(35)39/h7,19-28,36-41H,8-17H2,1-6H3,(H,42,43)/t19?,20-,21+,22?,23-,24+,25+,26-,27?,28+,31-,32-,33-,34-,35-/m1/s1. The van der Waals surface area contributed by atoms with Crippen molar-refractivity contribution in [2.45, 2.75) is 136 Å². The van der Waals surface area contributed by atoms with Crippen LogP contribution in [0.25, 0.3) is 0 Å². The van der Waals surface area contributed by atoms with Crippen molar-refractivity contribution in [3.63, 3.8) is 0 Å². The maximum absolute atomic E-state index is 13.0. The van der Waals surface area contributed by atoms with Gasteiger partial charge in [0.15, 0.2) is 6.29 Å². The average molecular weight is 637 g/mol. The lowest BCUT2D eigenvalue weighted by atomic mass is 9.32. The van der Waals surface area contributed by atoms with E-state index < -0.39 is 76.0 Å². The Labute approximate surface area is 266 Å². The highest BCUT2D eigenvalue weighted by Crippen LogP contribution is 2.76. The molecule has 256 valence electrons. The number of carboxylic acid groups (broad SMARTS) is 1. The first kappa shape index (κ1) is 33.8. The number of hydrogen-bond donors (Lipinski definition) is 7. The van der Waals surface area contributed by atoms with E-state index >= 15 is 0 Å². The van der Waals surface area contributed by atoms with Crippen molar-refractivity contribution in [3.8, 4) is 0 Å². The zero-order chi connectivity index (χ0) is 33.1. The summed E-state index contributed by atoms with van der Waals surface area (Å²) < 4.78 is 11.9. The molecule has 0 bridgehead atoms. The van der Waals surface area contributed by atoms with Crippen LogP contribution >= 0.6 is 0 Å². The highest BCUT2D eigenvalue weighted by Gasteiger charge is 2.73. The molecule has 0 aromatic heterocycles. The Morgan fingerprint density at radius 2 is 1.62 bits per heavy atom. The van der Waals surface area contributed by atoms with Gasteiger partial charge in [-0.25, -0.2) is 0 Å². The molecule has 6 aliphatic rings. The molecule has 0 aromatic rings. The minimum Gasteiger partial charge on any atom is -0.481 e. The number of aliphatic carboxylic acids is 1. The van der Waals surface area contributed by atoms with Crippen molar-refractivity contribution in [3.05, 3.63) is 11.6 Å². The molecule has 1 aliphatic heterocycles. The number of hydrogen-bond acceptors (Lipinski definition) is 9. The van der Waals surface area contributed by atoms with Crippen LogP contribution in [0.3, 0.4) is 0 Å². The summed E-state index contributed by atoms with van der Waals surface area (Å²) in [6, 6.07) is 0. The van der Waals surface area contributed by atoms with Crippen LogP contribution in [0.15, 0.2) is 11.6 Å². The van der Waals surface area contributed by atoms with Gasteiger partial charge < -0.3 is 45.2 Å². The zero-order valence-electron chi connectivity index (χ0n) is 27.8. The Bertz CT molecular complexity index is 1220. The fourth-order valence-electron chi connectivity index (χ4n) is 12.2. The summed E-state index contributed by atoms with van der Waals surface area (Å²) in [5, 5.41) is 76.4. The number of rotatable bonds is 4. The molecule has 0 radical (unpaired) electrons. The van der Waals surface area contributed by atoms with E-state index in [4.69, 9.17) is 9.47 Å². The first-order chi connectivity index (χ1) is 20.8. The van der Waals surface area contributed by atoms with Crippen LogP contribution in [0.4, 0.5) is 0 Å². The van der Waals surface area contributed by atoms with E-state index in [0.29, 0.717) is 38.5 Å². The minimum absolute atomic E-state index is 0.0472. The molecule has 0 spiro atoms. The van der Waals surface area contributed by atoms with Crippen molar-refractivity contribution < 1.29 is 50.0 Å². The van der Waals surface area contributed by atoms with Crippen molar-refractivity contribution >= 4 is 5.97 Å². The monoisotopic (exact) mass is 636 g/mol. The fourth-order valence-corrected chi connectivity index (χ4v) is 12.2. The number of ether oxygens (including phenoxy) is 2. The quantitative estimate of drug-likeness (QED) is 0.179. The van der Waals surface area contributed by atoms with Crippen LogP contribution in [-0.2, 0) is 14.3 Å². The number of carboxylic acids is 1. The minimum atomic E-state index is -1.45. The predicted octanol–water partition coefficient (Wildman–Crippen LogP) is 2.61. The van der Waals surface area contributed by atoms with E-state index in [1.807, 2.05) is 6.92 Å². The molecule has 10 heteroatoms. The molecule has 1 saturated heterocycles. The van der Waals surface area contributed by atoms with Crippen molar-refractivity contribution in [1.82, 2.24) is 0 Å². The van der Waals surface area contributed by atoms with Gasteiger partial charge in [-0.3, -0.25) is 4.79 Å². The van der Waals surface area contributed by atoms with Crippen LogP contribution in [0.1, 0.15) is 92.9 Å². The largest absolute Gasteiger partial charge is 0.481 e. The molecule has 10 nitrogen and oxygen atoms in total. The number of aliphatic hydroxyl groups excluding tert-OH is 6. The SMILES string of the molecule is CC1(C)CC[C@@]2(C(=O)O)C(C1)C1=CCC3[C@@]4(C)CC[C@H](O[C@@H]5OC[C@H](O)[C@H](O)[C@H]5O)[C@@](C)(CO)C4[C@H](O)C[C@@]3(C)[C@]1(C)C[C@H]2O. The highest BCUT2D eigenvalue weighted by atomic mass is 16.7. The van der Waals surface area contributed by atoms with Gasteiger partial charge in [-0.1, -0.05) is 53.2 Å². The lowest BCUT2D eigenvalue weighted by Crippen LogP contribution is -2.71. The summed E-state index contributed by atoms with van der Waals surface area (Å²) in [5.41, 5.74) is -2.40. The zero-order valence-corrected chi connectivity index (χ0v) is 27.8. The van der Waals surface area contributed by atoms with Crippen molar-refractivity contribution in [1.29, 1.82) is 0 Å². The van der Waals surface area contributed by atoms with Gasteiger partial charge in [0.2, 0.25) is 0 Å². The maximum atomic E-state index is 13.0. The van der Waals surface area contributed by atoms with E-state index in [1.54, 1.807) is 0 Å². The molecule has 5 aliphatic carbocycles. The summed E-state index contributed by atoms with van der Waals surface area (Å²) in [7, 11) is 0. The van der Waals surface area contributed by atoms with Gasteiger partial charge in [-0.05, 0) is 84.9 Å². The Balaban J connectivity index is 1.37. The highest BCUT2D eigenvalue weighted by molar-refractivity contribution is 5.77. The van der Waals surface area contributed by atoms with Crippen LogP contribution < -0.4 is 0 Å². The average Bonchev–Trinajstić information content (AvgIpc) is 2.94. The first-order valence-corrected chi connectivity index (χ1v) is 17.0. The smallest absolute Gasteiger partial charge is 0.312 e. The molecule has 7 N–H and O–H groups in total. The topological polar surface area (TPSA) is 177 Å². The molecular formula is C35H56O10. The number of fused-ring (bicyclic) bond motifs is 7. The second kappa shape index (κ2) is 10.7. The van der Waals surface area contributed by atoms with Gasteiger partial charge >= 0.3 is 5.97 Å². The molecule has 45 heavy (non-hydrogen) atoms. The lowest BCUT2D eigenvalue weighted by Gasteiger charge is -2.72. The van der Waals surface area contributed by atoms with Gasteiger partial charge in [0, 0.05) is 11.3 Å². The second-order valence-electron chi connectivity index (χ2n) is 17.5. The second-order valence-corrected chi connectivity index (χ2v) is 17.5. The van der Waals surface area contributed by atoms with Crippen LogP contribution in [0.2, 0.25) is 0 Å². The van der Waals surface area contributed by atoms with E-state index in [1.165, 1.54) is 0 Å². The van der Waals surface area contributed by atoms with Crippen molar-refractivity contribution in [2.24, 2.45) is 50.2 Å². The van der Waals surface area contributed by atoms with Gasteiger partial charge in [0.05, 0.1) is 31.5 Å². The van der Waals surface area contributed by atoms with Crippen LogP contribution in [0.5, 0.6) is 0 Å².